The van der Waals surface area contributed by atoms with E-state index in [4.69, 9.17) is 11.6 Å². The van der Waals surface area contributed by atoms with Crippen LogP contribution in [0.5, 0.6) is 0 Å². The van der Waals surface area contributed by atoms with E-state index >= 15 is 0 Å². The summed E-state index contributed by atoms with van der Waals surface area (Å²) in [5, 5.41) is 0.660. The zero-order valence-corrected chi connectivity index (χ0v) is 13.5. The fraction of sp³-hybridized carbons (Fsp3) is 0.263. The molecule has 1 amide bonds. The summed E-state index contributed by atoms with van der Waals surface area (Å²) in [6, 6.07) is 15.7. The Morgan fingerprint density at radius 2 is 1.91 bits per heavy atom. The van der Waals surface area contributed by atoms with E-state index in [1.165, 1.54) is 12.8 Å². The first-order valence-corrected chi connectivity index (χ1v) is 8.30. The Bertz CT molecular complexity index is 781. The van der Waals surface area contributed by atoms with Gasteiger partial charge in [-0.3, -0.25) is 9.79 Å². The summed E-state index contributed by atoms with van der Waals surface area (Å²) in [6.45, 7) is 0.967. The van der Waals surface area contributed by atoms with Crippen LogP contribution in [0.25, 0.3) is 0 Å². The van der Waals surface area contributed by atoms with Crippen molar-refractivity contribution in [2.24, 2.45) is 10.9 Å². The minimum atomic E-state index is 0.0615. The number of amides is 1. The van der Waals surface area contributed by atoms with Crippen molar-refractivity contribution >= 4 is 28.9 Å². The van der Waals surface area contributed by atoms with Crippen LogP contribution in [0.15, 0.2) is 53.5 Å². The van der Waals surface area contributed by atoms with E-state index in [-0.39, 0.29) is 12.5 Å². The highest BCUT2D eigenvalue weighted by molar-refractivity contribution is 6.32. The lowest BCUT2D eigenvalue weighted by atomic mass is 10.1. The molecular weight excluding hydrogens is 314 g/mol. The number of carbonyl (C=O) groups is 1. The zero-order chi connectivity index (χ0) is 15.8. The lowest BCUT2D eigenvalue weighted by molar-refractivity contribution is -0.117. The number of hydrogen-bond donors (Lipinski definition) is 0. The zero-order valence-electron chi connectivity index (χ0n) is 12.7. The van der Waals surface area contributed by atoms with Gasteiger partial charge in [-0.2, -0.15) is 0 Å². The van der Waals surface area contributed by atoms with E-state index in [0.717, 1.165) is 29.1 Å². The van der Waals surface area contributed by atoms with E-state index in [2.05, 4.69) is 4.99 Å². The van der Waals surface area contributed by atoms with Crippen LogP contribution < -0.4 is 4.90 Å². The third-order valence-electron chi connectivity index (χ3n) is 4.36. The molecule has 0 unspecified atom stereocenters. The molecule has 4 heteroatoms. The van der Waals surface area contributed by atoms with Crippen LogP contribution in [0.2, 0.25) is 5.02 Å². The number of carbonyl (C=O) groups excluding carboxylic acids is 1. The van der Waals surface area contributed by atoms with Crippen molar-refractivity contribution in [3.63, 3.8) is 0 Å². The molecule has 0 radical (unpaired) electrons. The minimum absolute atomic E-state index is 0.0615. The Kier molecular flexibility index (Phi) is 3.66. The summed E-state index contributed by atoms with van der Waals surface area (Å²) in [7, 11) is 0. The second kappa shape index (κ2) is 5.82. The lowest BCUT2D eigenvalue weighted by Gasteiger charge is -2.23. The molecule has 3 nitrogen and oxygen atoms in total. The molecule has 0 spiro atoms. The lowest BCUT2D eigenvalue weighted by Crippen LogP contribution is -2.34. The highest BCUT2D eigenvalue weighted by atomic mass is 35.5. The van der Waals surface area contributed by atoms with Crippen molar-refractivity contribution in [2.75, 3.05) is 18.0 Å². The highest BCUT2D eigenvalue weighted by Gasteiger charge is 2.31. The molecule has 4 rings (SSSR count). The maximum atomic E-state index is 12.6. The monoisotopic (exact) mass is 330 g/mol. The molecule has 1 aliphatic heterocycles. The van der Waals surface area contributed by atoms with Crippen molar-refractivity contribution < 1.29 is 4.79 Å². The van der Waals surface area contributed by atoms with E-state index < -0.39 is 0 Å². The molecular formula is C19H17ClN2O. The predicted molar refractivity (Wildman–Crippen MR) is 93.5 cm³/mol. The molecule has 0 N–H and O–H groups in total. The van der Waals surface area contributed by atoms with Crippen molar-refractivity contribution in [3.8, 4) is 0 Å². The Morgan fingerprint density at radius 1 is 1.13 bits per heavy atom. The maximum Gasteiger partial charge on any atom is 0.248 e. The van der Waals surface area contributed by atoms with Crippen LogP contribution >= 0.6 is 11.6 Å². The molecule has 2 aliphatic rings. The molecule has 1 heterocycles. The third-order valence-corrected chi connectivity index (χ3v) is 4.60. The number of nitrogens with zero attached hydrogens (tertiary/aromatic N) is 2. The Hall–Kier alpha value is -2.13. The van der Waals surface area contributed by atoms with Gasteiger partial charge in [-0.1, -0.05) is 41.9 Å². The van der Waals surface area contributed by atoms with E-state index in [1.54, 1.807) is 0 Å². The number of aliphatic imine (C=N–C) groups is 1. The number of rotatable bonds is 3. The second-order valence-corrected chi connectivity index (χ2v) is 6.58. The molecule has 116 valence electrons. The maximum absolute atomic E-state index is 12.6. The largest absolute Gasteiger partial charge is 0.310 e. The number of fused-ring (bicyclic) bond motifs is 1. The number of benzene rings is 2. The summed E-state index contributed by atoms with van der Waals surface area (Å²) < 4.78 is 0. The molecule has 23 heavy (non-hydrogen) atoms. The van der Waals surface area contributed by atoms with Crippen molar-refractivity contribution in [2.45, 2.75) is 12.8 Å². The summed E-state index contributed by atoms with van der Waals surface area (Å²) >= 11 is 6.23. The van der Waals surface area contributed by atoms with Gasteiger partial charge in [0.25, 0.3) is 0 Å². The first-order valence-electron chi connectivity index (χ1n) is 7.92. The molecule has 0 atom stereocenters. The Labute approximate surface area is 140 Å². The second-order valence-electron chi connectivity index (χ2n) is 6.14. The van der Waals surface area contributed by atoms with Gasteiger partial charge in [0, 0.05) is 22.7 Å². The van der Waals surface area contributed by atoms with Crippen LogP contribution in [0.3, 0.4) is 0 Å². The molecule has 0 aromatic heterocycles. The van der Waals surface area contributed by atoms with Crippen LogP contribution in [-0.2, 0) is 4.79 Å². The Balaban J connectivity index is 1.84. The van der Waals surface area contributed by atoms with Gasteiger partial charge in [-0.05, 0) is 37.0 Å². The molecule has 0 bridgehead atoms. The van der Waals surface area contributed by atoms with Gasteiger partial charge in [0.1, 0.15) is 6.54 Å². The van der Waals surface area contributed by atoms with E-state index in [0.29, 0.717) is 10.9 Å². The highest BCUT2D eigenvalue weighted by Crippen LogP contribution is 2.35. The summed E-state index contributed by atoms with van der Waals surface area (Å²) in [5.41, 5.74) is 3.72. The molecule has 2 aromatic rings. The average molecular weight is 331 g/mol. The van der Waals surface area contributed by atoms with Crippen molar-refractivity contribution in [1.82, 2.24) is 0 Å². The fourth-order valence-electron chi connectivity index (χ4n) is 2.99. The molecule has 1 aliphatic carbocycles. The van der Waals surface area contributed by atoms with Gasteiger partial charge >= 0.3 is 0 Å². The van der Waals surface area contributed by atoms with Gasteiger partial charge in [-0.25, -0.2) is 0 Å². The van der Waals surface area contributed by atoms with Crippen LogP contribution in [0.4, 0.5) is 5.69 Å². The molecule has 2 aromatic carbocycles. The van der Waals surface area contributed by atoms with Crippen LogP contribution in [0.1, 0.15) is 24.0 Å². The molecule has 1 saturated carbocycles. The fourth-order valence-corrected chi connectivity index (χ4v) is 3.16. The topological polar surface area (TPSA) is 32.7 Å². The number of benzodiazepines with no additional fused rings is 1. The summed E-state index contributed by atoms with van der Waals surface area (Å²) in [4.78, 5) is 19.1. The van der Waals surface area contributed by atoms with Gasteiger partial charge in [0.05, 0.1) is 11.4 Å². The van der Waals surface area contributed by atoms with Crippen molar-refractivity contribution in [1.29, 1.82) is 0 Å². The van der Waals surface area contributed by atoms with Crippen molar-refractivity contribution in [3.05, 3.63) is 64.7 Å². The van der Waals surface area contributed by atoms with Crippen LogP contribution in [-0.4, -0.2) is 24.7 Å². The predicted octanol–water partition coefficient (Wildman–Crippen LogP) is 3.93. The summed E-state index contributed by atoms with van der Waals surface area (Å²) in [6.07, 6.45) is 2.41. The van der Waals surface area contributed by atoms with Gasteiger partial charge < -0.3 is 4.90 Å². The summed E-state index contributed by atoms with van der Waals surface area (Å²) in [5.74, 6) is 0.687. The first-order chi connectivity index (χ1) is 11.2. The third kappa shape index (κ3) is 2.89. The normalized spacial score (nSPS) is 17.5. The van der Waals surface area contributed by atoms with E-state index in [9.17, 15) is 4.79 Å². The number of halogens is 1. The first kappa shape index (κ1) is 14.5. The van der Waals surface area contributed by atoms with Gasteiger partial charge in [-0.15, -0.1) is 0 Å². The smallest absolute Gasteiger partial charge is 0.248 e. The van der Waals surface area contributed by atoms with Crippen LogP contribution in [0, 0.1) is 5.92 Å². The van der Waals surface area contributed by atoms with Gasteiger partial charge in [0.2, 0.25) is 5.91 Å². The van der Waals surface area contributed by atoms with E-state index in [1.807, 2.05) is 53.4 Å². The molecule has 1 fully saturated rings. The SMILES string of the molecule is O=C1CN=C([13c]2[13cH][13cH][13cH][13cH][13cH]2)c2cc(Cl)ccc2N1CC1CC1. The number of anilines is 1. The average Bonchev–Trinajstić information content (AvgIpc) is 3.39. The van der Waals surface area contributed by atoms with Gasteiger partial charge in [0.15, 0.2) is 0 Å². The minimum Gasteiger partial charge on any atom is -0.310 e. The Morgan fingerprint density at radius 3 is 2.65 bits per heavy atom. The quantitative estimate of drug-likeness (QED) is 0.839. The number of hydrogen-bond acceptors (Lipinski definition) is 2. The standard InChI is InChI=1S/C19H17ClN2O/c20-15-8-9-17-16(10-15)19(14-4-2-1-3-5-14)21-11-18(23)22(17)12-13-6-7-13/h1-5,8-10,13H,6-7,11-12H2/i1+1,2+1,3+1,4+1,5+1,14+1. The molecule has 0 saturated heterocycles.